The molecule has 2 N–H and O–H groups in total. The van der Waals surface area contributed by atoms with Gasteiger partial charge >= 0.3 is 0 Å². The van der Waals surface area contributed by atoms with Crippen LogP contribution in [-0.4, -0.2) is 55.6 Å². The molecule has 48 heavy (non-hydrogen) atoms. The van der Waals surface area contributed by atoms with Crippen molar-refractivity contribution < 1.29 is 23.1 Å². The molecule has 0 spiro atoms. The predicted molar refractivity (Wildman–Crippen MR) is 178 cm³/mol. The number of piperidine rings is 1. The molecule has 0 radical (unpaired) electrons. The molecule has 1 saturated heterocycles. The highest BCUT2D eigenvalue weighted by atomic mass is 19.1. The fraction of sp³-hybridized carbons (Fsp3) is 0.306. The Morgan fingerprint density at radius 3 is 2.27 bits per heavy atom. The Morgan fingerprint density at radius 1 is 0.875 bits per heavy atom. The van der Waals surface area contributed by atoms with Crippen LogP contribution in [0.2, 0.25) is 0 Å². The number of rotatable bonds is 9. The number of aromatic nitrogens is 4. The van der Waals surface area contributed by atoms with Crippen LogP contribution in [0.25, 0.3) is 22.3 Å². The van der Waals surface area contributed by atoms with E-state index in [1.54, 1.807) is 18.5 Å². The van der Waals surface area contributed by atoms with Gasteiger partial charge in [0.2, 0.25) is 11.8 Å². The molecule has 1 aliphatic carbocycles. The molecule has 0 atom stereocenters. The van der Waals surface area contributed by atoms with Crippen LogP contribution in [0.15, 0.2) is 79.3 Å². The number of carbonyl (C=O) groups excluding carboxylic acids is 2. The Bertz CT molecular complexity index is 1980. The van der Waals surface area contributed by atoms with E-state index in [0.717, 1.165) is 37.7 Å². The molecule has 0 unspecified atom stereocenters. The molecule has 10 nitrogen and oxygen atoms in total. The number of pyridine rings is 2. The largest absolute Gasteiger partial charge is 0.453 e. The lowest BCUT2D eigenvalue weighted by atomic mass is 10.0. The summed E-state index contributed by atoms with van der Waals surface area (Å²) in [6.45, 7) is 6.56. The first-order chi connectivity index (χ1) is 23.2. The number of nitrogens with one attached hydrogen (secondary N) is 2. The van der Waals surface area contributed by atoms with Gasteiger partial charge in [-0.1, -0.05) is 0 Å². The minimum Gasteiger partial charge on any atom is -0.453 e. The standard InChI is InChI=1S/C36H35F2N7O3/c1-22(2)44-16-10-26(11-17-44)45-18-12-29(43-45)31-20-30-27(21-40-31)32(9-15-39-30)48-33-8-7-25(19-28(33)38)42-35(47)36(13-14-36)34(46)41-24-5-3-23(37)4-6-24/h3-9,12,15,18-22,26H,10-11,13-14,16-17H2,1-2H3,(H,41,46)(H,42,47). The number of benzene rings is 2. The van der Waals surface area contributed by atoms with Crippen molar-refractivity contribution in [2.24, 2.45) is 5.41 Å². The molecule has 2 aliphatic rings. The smallest absolute Gasteiger partial charge is 0.240 e. The molecule has 4 heterocycles. The molecule has 2 fully saturated rings. The van der Waals surface area contributed by atoms with Crippen LogP contribution in [0, 0.1) is 17.0 Å². The lowest BCUT2D eigenvalue weighted by Crippen LogP contribution is -2.39. The minimum absolute atomic E-state index is 0.0537. The molecule has 5 aromatic rings. The van der Waals surface area contributed by atoms with E-state index in [1.807, 2.05) is 23.0 Å². The van der Waals surface area contributed by atoms with Gasteiger partial charge in [0.15, 0.2) is 11.6 Å². The van der Waals surface area contributed by atoms with E-state index >= 15 is 4.39 Å². The van der Waals surface area contributed by atoms with Gasteiger partial charge in [-0.15, -0.1) is 0 Å². The van der Waals surface area contributed by atoms with Crippen LogP contribution in [0.5, 0.6) is 11.5 Å². The number of hydrogen-bond acceptors (Lipinski definition) is 7. The maximum atomic E-state index is 15.2. The molecule has 3 aromatic heterocycles. The Labute approximate surface area is 276 Å². The average molecular weight is 652 g/mol. The average Bonchev–Trinajstić information content (AvgIpc) is 3.77. The van der Waals surface area contributed by atoms with Gasteiger partial charge in [-0.2, -0.15) is 5.10 Å². The highest BCUT2D eigenvalue weighted by molar-refractivity contribution is 6.16. The van der Waals surface area contributed by atoms with Crippen LogP contribution >= 0.6 is 0 Å². The second-order valence-corrected chi connectivity index (χ2v) is 12.7. The topological polar surface area (TPSA) is 114 Å². The molecule has 7 rings (SSSR count). The number of likely N-dealkylation sites (tertiary alicyclic amines) is 1. The normalized spacial score (nSPS) is 16.2. The first-order valence-electron chi connectivity index (χ1n) is 16.1. The number of anilines is 2. The Kier molecular flexibility index (Phi) is 8.34. The predicted octanol–water partition coefficient (Wildman–Crippen LogP) is 6.97. The van der Waals surface area contributed by atoms with Crippen LogP contribution in [0.1, 0.15) is 45.6 Å². The number of hydrogen-bond donors (Lipinski definition) is 2. The number of amides is 2. The number of fused-ring (bicyclic) bond motifs is 1. The zero-order valence-corrected chi connectivity index (χ0v) is 26.6. The van der Waals surface area contributed by atoms with E-state index in [1.165, 1.54) is 36.4 Å². The highest BCUT2D eigenvalue weighted by Gasteiger charge is 2.56. The Hall–Kier alpha value is -5.23. The van der Waals surface area contributed by atoms with Crippen molar-refractivity contribution in [3.8, 4) is 22.9 Å². The monoisotopic (exact) mass is 651 g/mol. The van der Waals surface area contributed by atoms with Gasteiger partial charge < -0.3 is 20.3 Å². The van der Waals surface area contributed by atoms with Crippen molar-refractivity contribution in [3.05, 3.63) is 90.9 Å². The quantitative estimate of drug-likeness (QED) is 0.166. The van der Waals surface area contributed by atoms with Gasteiger partial charge in [-0.3, -0.25) is 24.2 Å². The zero-order chi connectivity index (χ0) is 33.4. The summed E-state index contributed by atoms with van der Waals surface area (Å²) in [5, 5.41) is 10.7. The lowest BCUT2D eigenvalue weighted by Gasteiger charge is -2.34. The third-order valence-corrected chi connectivity index (χ3v) is 9.19. The summed E-state index contributed by atoms with van der Waals surface area (Å²) in [4.78, 5) is 37.5. The summed E-state index contributed by atoms with van der Waals surface area (Å²) in [7, 11) is 0. The molecule has 246 valence electrons. The molecular formula is C36H35F2N7O3. The summed E-state index contributed by atoms with van der Waals surface area (Å²) in [5.74, 6) is -1.86. The molecule has 1 aliphatic heterocycles. The molecule has 2 amide bonds. The van der Waals surface area contributed by atoms with Crippen molar-refractivity contribution in [2.45, 2.75) is 51.6 Å². The highest BCUT2D eigenvalue weighted by Crippen LogP contribution is 2.47. The van der Waals surface area contributed by atoms with Gasteiger partial charge in [0.25, 0.3) is 0 Å². The third-order valence-electron chi connectivity index (χ3n) is 9.19. The van der Waals surface area contributed by atoms with Gasteiger partial charge in [0, 0.05) is 55.2 Å². The fourth-order valence-corrected chi connectivity index (χ4v) is 6.09. The maximum Gasteiger partial charge on any atom is 0.240 e. The van der Waals surface area contributed by atoms with Gasteiger partial charge in [0.1, 0.15) is 22.7 Å². The summed E-state index contributed by atoms with van der Waals surface area (Å²) >= 11 is 0. The number of ether oxygens (including phenoxy) is 1. The van der Waals surface area contributed by atoms with Crippen molar-refractivity contribution in [2.75, 3.05) is 23.7 Å². The molecule has 12 heteroatoms. The van der Waals surface area contributed by atoms with Crippen LogP contribution < -0.4 is 15.4 Å². The Balaban J connectivity index is 1.01. The number of halogens is 2. The summed E-state index contributed by atoms with van der Waals surface area (Å²) < 4.78 is 36.4. The maximum absolute atomic E-state index is 15.2. The zero-order valence-electron chi connectivity index (χ0n) is 26.6. The second-order valence-electron chi connectivity index (χ2n) is 12.7. The van der Waals surface area contributed by atoms with E-state index in [2.05, 4.69) is 39.3 Å². The third kappa shape index (κ3) is 6.35. The van der Waals surface area contributed by atoms with Gasteiger partial charge in [-0.25, -0.2) is 8.78 Å². The Morgan fingerprint density at radius 2 is 1.58 bits per heavy atom. The first kappa shape index (κ1) is 31.4. The van der Waals surface area contributed by atoms with E-state index in [0.29, 0.717) is 53.0 Å². The van der Waals surface area contributed by atoms with E-state index in [9.17, 15) is 14.0 Å². The fourth-order valence-electron chi connectivity index (χ4n) is 6.09. The van der Waals surface area contributed by atoms with E-state index in [4.69, 9.17) is 9.84 Å². The molecule has 0 bridgehead atoms. The van der Waals surface area contributed by atoms with Gasteiger partial charge in [-0.05, 0) is 94.1 Å². The summed E-state index contributed by atoms with van der Waals surface area (Å²) in [6.07, 6.45) is 8.03. The first-order valence-corrected chi connectivity index (χ1v) is 16.1. The lowest BCUT2D eigenvalue weighted by molar-refractivity contribution is -0.131. The molecule has 2 aromatic carbocycles. The summed E-state index contributed by atoms with van der Waals surface area (Å²) in [6, 6.07) is 15.7. The van der Waals surface area contributed by atoms with Crippen LogP contribution in [0.3, 0.4) is 0 Å². The van der Waals surface area contributed by atoms with E-state index in [-0.39, 0.29) is 11.4 Å². The van der Waals surface area contributed by atoms with Crippen molar-refractivity contribution in [1.82, 2.24) is 24.6 Å². The van der Waals surface area contributed by atoms with Gasteiger partial charge in [0.05, 0.1) is 22.6 Å². The second kappa shape index (κ2) is 12.8. The van der Waals surface area contributed by atoms with Crippen LogP contribution in [-0.2, 0) is 9.59 Å². The van der Waals surface area contributed by atoms with E-state index < -0.39 is 28.9 Å². The number of carbonyl (C=O) groups is 2. The van der Waals surface area contributed by atoms with Crippen molar-refractivity contribution in [3.63, 3.8) is 0 Å². The SMILES string of the molecule is CC(C)N1CCC(n2ccc(-c3cc4nccc(Oc5ccc(NC(=O)C6(C(=O)Nc7ccc(F)cc7)CC6)cc5F)c4cn3)n2)CC1. The summed E-state index contributed by atoms with van der Waals surface area (Å²) in [5.41, 5.74) is 1.34. The molecule has 1 saturated carbocycles. The van der Waals surface area contributed by atoms with Crippen molar-refractivity contribution in [1.29, 1.82) is 0 Å². The van der Waals surface area contributed by atoms with Crippen molar-refractivity contribution >= 4 is 34.1 Å². The number of nitrogens with zero attached hydrogens (tertiary/aromatic N) is 5. The molecular weight excluding hydrogens is 616 g/mol. The van der Waals surface area contributed by atoms with Crippen LogP contribution in [0.4, 0.5) is 20.2 Å². The minimum atomic E-state index is -1.27.